The Morgan fingerprint density at radius 3 is 2.50 bits per heavy atom. The number of aryl methyl sites for hydroxylation is 1. The maximum absolute atomic E-state index is 13.0. The van der Waals surface area contributed by atoms with Crippen LogP contribution in [0.4, 0.5) is 0 Å². The molecule has 1 aromatic heterocycles. The van der Waals surface area contributed by atoms with Crippen molar-refractivity contribution in [2.75, 3.05) is 13.1 Å². The Morgan fingerprint density at radius 2 is 1.75 bits per heavy atom. The third-order valence-electron chi connectivity index (χ3n) is 4.73. The summed E-state index contributed by atoms with van der Waals surface area (Å²) >= 11 is 0. The maximum Gasteiger partial charge on any atom is 0.290 e. The van der Waals surface area contributed by atoms with Crippen LogP contribution in [0.15, 0.2) is 40.8 Å². The molecule has 2 aromatic carbocycles. The number of benzene rings is 2. The van der Waals surface area contributed by atoms with Crippen LogP contribution in [-0.4, -0.2) is 36.1 Å². The Kier molecular flexibility index (Phi) is 3.57. The SMILES string of the molecule is Cc1c(C(=O)N2C[C@@H](C)O[C@H](C)C2)oc2c1ccc1ccccc12. The van der Waals surface area contributed by atoms with Crippen LogP contribution >= 0.6 is 0 Å². The number of rotatable bonds is 1. The van der Waals surface area contributed by atoms with Gasteiger partial charge in [0.1, 0.15) is 5.58 Å². The lowest BCUT2D eigenvalue weighted by atomic mass is 10.1. The number of hydrogen-bond donors (Lipinski definition) is 0. The average molecular weight is 323 g/mol. The van der Waals surface area contributed by atoms with Crippen molar-refractivity contribution in [1.82, 2.24) is 4.90 Å². The third-order valence-corrected chi connectivity index (χ3v) is 4.73. The van der Waals surface area contributed by atoms with E-state index in [2.05, 4.69) is 12.1 Å². The molecule has 24 heavy (non-hydrogen) atoms. The van der Waals surface area contributed by atoms with Gasteiger partial charge in [0.05, 0.1) is 12.2 Å². The highest BCUT2D eigenvalue weighted by Gasteiger charge is 2.30. The quantitative estimate of drug-likeness (QED) is 0.676. The molecule has 4 rings (SSSR count). The van der Waals surface area contributed by atoms with Crippen LogP contribution in [0.25, 0.3) is 21.7 Å². The van der Waals surface area contributed by atoms with Gasteiger partial charge in [-0.15, -0.1) is 0 Å². The minimum Gasteiger partial charge on any atom is -0.450 e. The second kappa shape index (κ2) is 5.64. The molecule has 4 nitrogen and oxygen atoms in total. The number of carbonyl (C=O) groups excluding carboxylic acids is 1. The molecule has 2 atom stereocenters. The Hall–Kier alpha value is -2.33. The summed E-state index contributed by atoms with van der Waals surface area (Å²) in [6, 6.07) is 12.2. The van der Waals surface area contributed by atoms with Gasteiger partial charge < -0.3 is 14.1 Å². The fourth-order valence-corrected chi connectivity index (χ4v) is 3.64. The van der Waals surface area contributed by atoms with Crippen molar-refractivity contribution < 1.29 is 13.9 Å². The second-order valence-electron chi connectivity index (χ2n) is 6.69. The van der Waals surface area contributed by atoms with Gasteiger partial charge in [0, 0.05) is 29.4 Å². The molecule has 0 unspecified atom stereocenters. The standard InChI is InChI=1S/C20H21NO3/c1-12-10-21(11-13(2)23-12)20(22)18-14(3)16-9-8-15-6-4-5-7-17(15)19(16)24-18/h4-9,12-13H,10-11H2,1-3H3/t12-,13-/m1/s1. The van der Waals surface area contributed by atoms with E-state index in [1.807, 2.05) is 49.9 Å². The van der Waals surface area contributed by atoms with Crippen LogP contribution in [-0.2, 0) is 4.74 Å². The van der Waals surface area contributed by atoms with Gasteiger partial charge in [-0.25, -0.2) is 0 Å². The van der Waals surface area contributed by atoms with E-state index >= 15 is 0 Å². The van der Waals surface area contributed by atoms with Crippen molar-refractivity contribution in [2.24, 2.45) is 0 Å². The van der Waals surface area contributed by atoms with Crippen LogP contribution in [0.5, 0.6) is 0 Å². The van der Waals surface area contributed by atoms with Gasteiger partial charge in [-0.05, 0) is 26.2 Å². The zero-order chi connectivity index (χ0) is 16.8. The first kappa shape index (κ1) is 15.2. The van der Waals surface area contributed by atoms with Gasteiger partial charge in [-0.3, -0.25) is 4.79 Å². The van der Waals surface area contributed by atoms with E-state index in [0.717, 1.165) is 27.3 Å². The predicted octanol–water partition coefficient (Wildman–Crippen LogP) is 4.14. The smallest absolute Gasteiger partial charge is 0.290 e. The highest BCUT2D eigenvalue weighted by Crippen LogP contribution is 2.32. The lowest BCUT2D eigenvalue weighted by molar-refractivity contribution is -0.0592. The topological polar surface area (TPSA) is 42.7 Å². The zero-order valence-corrected chi connectivity index (χ0v) is 14.2. The Balaban J connectivity index is 1.80. The van der Waals surface area contributed by atoms with Crippen LogP contribution in [0, 0.1) is 6.92 Å². The molecule has 0 bridgehead atoms. The van der Waals surface area contributed by atoms with Crippen molar-refractivity contribution in [1.29, 1.82) is 0 Å². The Labute approximate surface area is 141 Å². The summed E-state index contributed by atoms with van der Waals surface area (Å²) in [5, 5.41) is 3.17. The summed E-state index contributed by atoms with van der Waals surface area (Å²) in [7, 11) is 0. The van der Waals surface area contributed by atoms with Gasteiger partial charge in [-0.1, -0.05) is 36.4 Å². The van der Waals surface area contributed by atoms with Crippen LogP contribution in [0.1, 0.15) is 30.0 Å². The molecule has 1 amide bonds. The number of carbonyl (C=O) groups is 1. The molecule has 0 spiro atoms. The zero-order valence-electron chi connectivity index (χ0n) is 14.2. The molecule has 0 N–H and O–H groups in total. The van der Waals surface area contributed by atoms with Gasteiger partial charge in [0.2, 0.25) is 0 Å². The summed E-state index contributed by atoms with van der Waals surface area (Å²) in [4.78, 5) is 14.8. The van der Waals surface area contributed by atoms with Crippen LogP contribution in [0.2, 0.25) is 0 Å². The molecule has 1 aliphatic rings. The van der Waals surface area contributed by atoms with Gasteiger partial charge in [0.15, 0.2) is 5.76 Å². The van der Waals surface area contributed by atoms with Crippen LogP contribution in [0.3, 0.4) is 0 Å². The van der Waals surface area contributed by atoms with Crippen molar-refractivity contribution in [2.45, 2.75) is 33.0 Å². The molecule has 0 aliphatic carbocycles. The van der Waals surface area contributed by atoms with E-state index in [0.29, 0.717) is 18.8 Å². The van der Waals surface area contributed by atoms with Gasteiger partial charge in [-0.2, -0.15) is 0 Å². The summed E-state index contributed by atoms with van der Waals surface area (Å²) in [5.74, 6) is 0.400. The highest BCUT2D eigenvalue weighted by atomic mass is 16.5. The fourth-order valence-electron chi connectivity index (χ4n) is 3.64. The first-order chi connectivity index (χ1) is 11.5. The summed E-state index contributed by atoms with van der Waals surface area (Å²) in [6.45, 7) is 7.14. The van der Waals surface area contributed by atoms with E-state index in [4.69, 9.17) is 9.15 Å². The minimum atomic E-state index is -0.0465. The van der Waals surface area contributed by atoms with E-state index in [-0.39, 0.29) is 18.1 Å². The van der Waals surface area contributed by atoms with Gasteiger partial charge >= 0.3 is 0 Å². The summed E-state index contributed by atoms with van der Waals surface area (Å²) in [6.07, 6.45) is 0.0893. The van der Waals surface area contributed by atoms with Crippen molar-refractivity contribution in [3.05, 3.63) is 47.7 Å². The number of ether oxygens (including phenoxy) is 1. The van der Waals surface area contributed by atoms with Crippen molar-refractivity contribution in [3.63, 3.8) is 0 Å². The lowest BCUT2D eigenvalue weighted by Gasteiger charge is -2.34. The Morgan fingerprint density at radius 1 is 1.04 bits per heavy atom. The van der Waals surface area contributed by atoms with E-state index < -0.39 is 0 Å². The molecule has 0 radical (unpaired) electrons. The molecule has 124 valence electrons. The summed E-state index contributed by atoms with van der Waals surface area (Å²) < 4.78 is 11.8. The second-order valence-corrected chi connectivity index (χ2v) is 6.69. The number of nitrogens with zero attached hydrogens (tertiary/aromatic N) is 1. The monoisotopic (exact) mass is 323 g/mol. The number of fused-ring (bicyclic) bond motifs is 3. The molecule has 1 saturated heterocycles. The normalized spacial score (nSPS) is 21.5. The lowest BCUT2D eigenvalue weighted by Crippen LogP contribution is -2.48. The van der Waals surface area contributed by atoms with E-state index in [1.165, 1.54) is 0 Å². The van der Waals surface area contributed by atoms with Crippen molar-refractivity contribution >= 4 is 27.6 Å². The highest BCUT2D eigenvalue weighted by molar-refractivity contribution is 6.08. The maximum atomic E-state index is 13.0. The Bertz CT molecular complexity index is 917. The van der Waals surface area contributed by atoms with Gasteiger partial charge in [0.25, 0.3) is 5.91 Å². The first-order valence-electron chi connectivity index (χ1n) is 8.40. The number of amides is 1. The minimum absolute atomic E-state index is 0.0446. The largest absolute Gasteiger partial charge is 0.450 e. The first-order valence-corrected chi connectivity index (χ1v) is 8.40. The van der Waals surface area contributed by atoms with E-state index in [1.54, 1.807) is 0 Å². The third kappa shape index (κ3) is 2.38. The van der Waals surface area contributed by atoms with E-state index in [9.17, 15) is 4.79 Å². The molecule has 1 fully saturated rings. The molecular formula is C20H21NO3. The number of furan rings is 1. The number of hydrogen-bond acceptors (Lipinski definition) is 3. The molecule has 0 saturated carbocycles. The molecule has 3 aromatic rings. The predicted molar refractivity (Wildman–Crippen MR) is 94.4 cm³/mol. The molecular weight excluding hydrogens is 302 g/mol. The average Bonchev–Trinajstić information content (AvgIpc) is 2.91. The molecule has 4 heteroatoms. The van der Waals surface area contributed by atoms with Crippen molar-refractivity contribution in [3.8, 4) is 0 Å². The number of morpholine rings is 1. The summed E-state index contributed by atoms with van der Waals surface area (Å²) in [5.41, 5.74) is 1.70. The van der Waals surface area contributed by atoms with Crippen LogP contribution < -0.4 is 0 Å². The fraction of sp³-hybridized carbons (Fsp3) is 0.350. The molecule has 2 heterocycles. The molecule has 1 aliphatic heterocycles.